The summed E-state index contributed by atoms with van der Waals surface area (Å²) in [6.45, 7) is 2.54. The zero-order valence-electron chi connectivity index (χ0n) is 24.1. The SMILES string of the molecule is O=C(Nc1ccncc1)Nc1ccc(-c2nc(N3CC4CCC(C3)O4)c3cnn([C@H]4CC[C@@]5(CCCO5)CC4)c3n2)cc1. The number of anilines is 3. The van der Waals surface area contributed by atoms with Crippen LogP contribution in [0.15, 0.2) is 55.0 Å². The van der Waals surface area contributed by atoms with E-state index in [1.165, 1.54) is 12.8 Å². The molecule has 3 aliphatic heterocycles. The van der Waals surface area contributed by atoms with Crippen LogP contribution in [0.25, 0.3) is 22.4 Å². The van der Waals surface area contributed by atoms with Crippen molar-refractivity contribution in [1.29, 1.82) is 0 Å². The number of hydrogen-bond donors (Lipinski definition) is 2. The number of amides is 2. The molecule has 2 bridgehead atoms. The highest BCUT2D eigenvalue weighted by molar-refractivity contribution is 5.99. The number of nitrogens with one attached hydrogen (secondary N) is 2. The van der Waals surface area contributed by atoms with Gasteiger partial charge in [-0.1, -0.05) is 0 Å². The number of aromatic nitrogens is 5. The number of urea groups is 1. The van der Waals surface area contributed by atoms with Crippen molar-refractivity contribution in [3.63, 3.8) is 0 Å². The van der Waals surface area contributed by atoms with Crippen molar-refractivity contribution < 1.29 is 14.3 Å². The Morgan fingerprint density at radius 3 is 2.30 bits per heavy atom. The molecule has 2 N–H and O–H groups in total. The fourth-order valence-electron chi connectivity index (χ4n) is 7.29. The maximum Gasteiger partial charge on any atom is 0.323 e. The van der Waals surface area contributed by atoms with Crippen molar-refractivity contribution in [3.05, 3.63) is 55.0 Å². The minimum atomic E-state index is -0.318. The average molecular weight is 581 g/mol. The van der Waals surface area contributed by atoms with Crippen molar-refractivity contribution in [2.75, 3.05) is 35.2 Å². The molecule has 4 fully saturated rings. The molecular weight excluding hydrogens is 544 g/mol. The second-order valence-corrected chi connectivity index (χ2v) is 12.3. The summed E-state index contributed by atoms with van der Waals surface area (Å²) in [5, 5.41) is 11.6. The molecule has 3 aromatic heterocycles. The standard InChI is InChI=1S/C32H36N8O3/c41-31(36-23-10-15-33-16-11-23)35-22-4-2-21(3-5-22)28-37-29(39-19-25-6-7-26(20-39)43-25)27-18-34-40(30(27)38-28)24-8-13-32(14-9-24)12-1-17-42-32/h2-5,10-11,15-16,18,24-26H,1,6-9,12-14,17,19-20H2,(H2,33,35,36,41)/t24-,25?,26?,32-. The van der Waals surface area contributed by atoms with Crippen LogP contribution in [-0.2, 0) is 9.47 Å². The van der Waals surface area contributed by atoms with Crippen LogP contribution in [0.5, 0.6) is 0 Å². The number of rotatable bonds is 5. The van der Waals surface area contributed by atoms with Crippen LogP contribution < -0.4 is 15.5 Å². The Morgan fingerprint density at radius 1 is 0.884 bits per heavy atom. The Morgan fingerprint density at radius 2 is 1.60 bits per heavy atom. The summed E-state index contributed by atoms with van der Waals surface area (Å²) in [5.74, 6) is 1.58. The van der Waals surface area contributed by atoms with Crippen molar-refractivity contribution >= 4 is 34.3 Å². The molecule has 6 heterocycles. The molecule has 1 spiro atoms. The van der Waals surface area contributed by atoms with Gasteiger partial charge in [-0.15, -0.1) is 0 Å². The van der Waals surface area contributed by atoms with Gasteiger partial charge in [0.1, 0.15) is 5.82 Å². The monoisotopic (exact) mass is 580 g/mol. The van der Waals surface area contributed by atoms with Crippen LogP contribution in [-0.4, -0.2) is 68.3 Å². The second-order valence-electron chi connectivity index (χ2n) is 12.3. The maximum atomic E-state index is 12.5. The fourth-order valence-corrected chi connectivity index (χ4v) is 7.29. The van der Waals surface area contributed by atoms with Crippen LogP contribution in [0.4, 0.5) is 22.0 Å². The van der Waals surface area contributed by atoms with Crippen molar-refractivity contribution in [2.45, 2.75) is 75.2 Å². The Balaban J connectivity index is 1.09. The third-order valence-electron chi connectivity index (χ3n) is 9.51. The molecule has 1 aliphatic carbocycles. The van der Waals surface area contributed by atoms with Crippen LogP contribution in [0.3, 0.4) is 0 Å². The molecule has 4 aliphatic rings. The van der Waals surface area contributed by atoms with Gasteiger partial charge in [0.2, 0.25) is 0 Å². The molecule has 0 radical (unpaired) electrons. The van der Waals surface area contributed by atoms with Crippen LogP contribution in [0.2, 0.25) is 0 Å². The Kier molecular flexibility index (Phi) is 6.71. The third kappa shape index (κ3) is 5.21. The van der Waals surface area contributed by atoms with Gasteiger partial charge >= 0.3 is 6.03 Å². The van der Waals surface area contributed by atoms with Crippen molar-refractivity contribution in [3.8, 4) is 11.4 Å². The first kappa shape index (κ1) is 26.5. The van der Waals surface area contributed by atoms with E-state index in [4.69, 9.17) is 24.5 Å². The van der Waals surface area contributed by atoms with E-state index < -0.39 is 0 Å². The first-order chi connectivity index (χ1) is 21.1. The molecule has 1 saturated carbocycles. The van der Waals surface area contributed by atoms with Crippen LogP contribution in [0.1, 0.15) is 57.4 Å². The molecule has 1 aromatic carbocycles. The van der Waals surface area contributed by atoms with Gasteiger partial charge in [0.25, 0.3) is 0 Å². The summed E-state index contributed by atoms with van der Waals surface area (Å²) in [6, 6.07) is 11.1. The smallest absolute Gasteiger partial charge is 0.323 e. The highest BCUT2D eigenvalue weighted by Crippen LogP contribution is 2.44. The molecule has 11 heteroatoms. The summed E-state index contributed by atoms with van der Waals surface area (Å²) in [5.41, 5.74) is 3.19. The van der Waals surface area contributed by atoms with E-state index in [0.717, 1.165) is 80.6 Å². The van der Waals surface area contributed by atoms with Crippen molar-refractivity contribution in [1.82, 2.24) is 24.7 Å². The summed E-state index contributed by atoms with van der Waals surface area (Å²) in [4.78, 5) is 29.1. The Labute approximate surface area is 250 Å². The molecule has 8 rings (SSSR count). The van der Waals surface area contributed by atoms with Gasteiger partial charge in [-0.05, 0) is 87.8 Å². The number of hydrogen-bond acceptors (Lipinski definition) is 8. The number of morpholine rings is 1. The minimum absolute atomic E-state index is 0.0722. The highest BCUT2D eigenvalue weighted by atomic mass is 16.5. The third-order valence-corrected chi connectivity index (χ3v) is 9.51. The molecule has 2 unspecified atom stereocenters. The van der Waals surface area contributed by atoms with Crippen LogP contribution in [0, 0.1) is 0 Å². The van der Waals surface area contributed by atoms with E-state index in [-0.39, 0.29) is 29.9 Å². The zero-order valence-corrected chi connectivity index (χ0v) is 24.1. The van der Waals surface area contributed by atoms with E-state index >= 15 is 0 Å². The first-order valence-electron chi connectivity index (χ1n) is 15.5. The first-order valence-corrected chi connectivity index (χ1v) is 15.5. The lowest BCUT2D eigenvalue weighted by molar-refractivity contribution is -0.0337. The molecule has 11 nitrogen and oxygen atoms in total. The number of nitrogens with zero attached hydrogens (tertiary/aromatic N) is 6. The van der Waals surface area contributed by atoms with E-state index in [2.05, 4.69) is 25.2 Å². The van der Waals surface area contributed by atoms with E-state index in [1.807, 2.05) is 30.5 Å². The summed E-state index contributed by atoms with van der Waals surface area (Å²) in [7, 11) is 0. The Bertz CT molecular complexity index is 1600. The van der Waals surface area contributed by atoms with Gasteiger partial charge in [0, 0.05) is 49.0 Å². The van der Waals surface area contributed by atoms with Gasteiger partial charge in [0.05, 0.1) is 35.4 Å². The largest absolute Gasteiger partial charge is 0.375 e. The topological polar surface area (TPSA) is 119 Å². The lowest BCUT2D eigenvalue weighted by atomic mass is 9.80. The van der Waals surface area contributed by atoms with Crippen molar-refractivity contribution in [2.24, 2.45) is 0 Å². The number of carbonyl (C=O) groups is 1. The fraction of sp³-hybridized carbons (Fsp3) is 0.469. The lowest BCUT2D eigenvalue weighted by Gasteiger charge is -2.36. The lowest BCUT2D eigenvalue weighted by Crippen LogP contribution is -2.43. The van der Waals surface area contributed by atoms with Gasteiger partial charge in [-0.2, -0.15) is 5.10 Å². The number of carbonyl (C=O) groups excluding carboxylic acids is 1. The number of ether oxygens (including phenoxy) is 2. The van der Waals surface area contributed by atoms with Gasteiger partial charge in [-0.25, -0.2) is 19.4 Å². The summed E-state index contributed by atoms with van der Waals surface area (Å²) in [6.07, 6.45) is 14.5. The molecule has 2 amide bonds. The van der Waals surface area contributed by atoms with Gasteiger partial charge in [-0.3, -0.25) is 4.98 Å². The molecule has 4 aromatic rings. The normalized spacial score (nSPS) is 26.7. The average Bonchev–Trinajstić information content (AvgIpc) is 3.76. The maximum absolute atomic E-state index is 12.5. The van der Waals surface area contributed by atoms with E-state index in [0.29, 0.717) is 17.2 Å². The molecule has 2 atom stereocenters. The minimum Gasteiger partial charge on any atom is -0.375 e. The Hall–Kier alpha value is -4.09. The number of fused-ring (bicyclic) bond motifs is 3. The predicted octanol–water partition coefficient (Wildman–Crippen LogP) is 5.56. The molecular formula is C32H36N8O3. The molecule has 3 saturated heterocycles. The zero-order chi connectivity index (χ0) is 28.8. The summed E-state index contributed by atoms with van der Waals surface area (Å²) < 4.78 is 14.5. The quantitative estimate of drug-likeness (QED) is 0.315. The van der Waals surface area contributed by atoms with Gasteiger partial charge < -0.3 is 25.0 Å². The summed E-state index contributed by atoms with van der Waals surface area (Å²) >= 11 is 0. The van der Waals surface area contributed by atoms with E-state index in [9.17, 15) is 4.79 Å². The molecule has 222 valence electrons. The second kappa shape index (κ2) is 10.9. The molecule has 43 heavy (non-hydrogen) atoms. The number of pyridine rings is 1. The number of benzene rings is 1. The predicted molar refractivity (Wildman–Crippen MR) is 163 cm³/mol. The van der Waals surface area contributed by atoms with Gasteiger partial charge in [0.15, 0.2) is 11.5 Å². The van der Waals surface area contributed by atoms with Crippen LogP contribution >= 0.6 is 0 Å². The highest BCUT2D eigenvalue weighted by Gasteiger charge is 2.40. The van der Waals surface area contributed by atoms with E-state index in [1.54, 1.807) is 24.5 Å².